The number of carbonyl (C=O) groups is 2. The monoisotopic (exact) mass is 196 g/mol. The maximum Gasteiger partial charge on any atom is 0.335 e. The van der Waals surface area contributed by atoms with Crippen LogP contribution in [0, 0.1) is 5.41 Å². The van der Waals surface area contributed by atoms with E-state index < -0.39 is 17.4 Å². The minimum absolute atomic E-state index is 0.198. The molecular formula is C10H12O4. The van der Waals surface area contributed by atoms with Gasteiger partial charge in [-0.1, -0.05) is 17.7 Å². The fourth-order valence-corrected chi connectivity index (χ4v) is 1.52. The smallest absolute Gasteiger partial charge is 0.335 e. The lowest BCUT2D eigenvalue weighted by atomic mass is 9.78. The Morgan fingerprint density at radius 3 is 2.36 bits per heavy atom. The van der Waals surface area contributed by atoms with E-state index in [-0.39, 0.29) is 12.0 Å². The number of carboxylic acid groups (broad SMARTS) is 2. The Morgan fingerprint density at radius 1 is 1.43 bits per heavy atom. The zero-order chi connectivity index (χ0) is 10.9. The van der Waals surface area contributed by atoms with Crippen molar-refractivity contribution in [3.05, 3.63) is 23.3 Å². The van der Waals surface area contributed by atoms with Crippen LogP contribution in [0.4, 0.5) is 0 Å². The van der Waals surface area contributed by atoms with Crippen molar-refractivity contribution in [2.24, 2.45) is 5.41 Å². The molecule has 0 bridgehead atoms. The van der Waals surface area contributed by atoms with Gasteiger partial charge in [-0.25, -0.2) is 4.79 Å². The van der Waals surface area contributed by atoms with Crippen LogP contribution in [-0.4, -0.2) is 22.2 Å². The number of allylic oxidation sites excluding steroid dienone is 1. The zero-order valence-electron chi connectivity index (χ0n) is 8.07. The summed E-state index contributed by atoms with van der Waals surface area (Å²) in [6.45, 7) is 3.22. The standard InChI is InChI=1S/C10H12O4/c1-6-5-10(2,9(13)14)4-3-7(6)8(11)12/h3-4H,5H2,1-2H3,(H,11,12)(H,13,14). The van der Waals surface area contributed by atoms with Crippen molar-refractivity contribution in [1.82, 2.24) is 0 Å². The Morgan fingerprint density at radius 2 is 2.00 bits per heavy atom. The van der Waals surface area contributed by atoms with Crippen molar-refractivity contribution in [1.29, 1.82) is 0 Å². The number of hydrogen-bond donors (Lipinski definition) is 2. The van der Waals surface area contributed by atoms with E-state index in [0.29, 0.717) is 5.57 Å². The van der Waals surface area contributed by atoms with E-state index in [1.165, 1.54) is 12.2 Å². The molecule has 0 aliphatic heterocycles. The summed E-state index contributed by atoms with van der Waals surface area (Å²) in [6, 6.07) is 0. The summed E-state index contributed by atoms with van der Waals surface area (Å²) in [7, 11) is 0. The first-order valence-electron chi connectivity index (χ1n) is 4.22. The zero-order valence-corrected chi connectivity index (χ0v) is 8.07. The highest BCUT2D eigenvalue weighted by Gasteiger charge is 2.34. The molecule has 1 atom stereocenters. The first-order chi connectivity index (χ1) is 6.37. The molecule has 4 nitrogen and oxygen atoms in total. The molecule has 0 aromatic rings. The number of aliphatic carboxylic acids is 2. The summed E-state index contributed by atoms with van der Waals surface area (Å²) in [5, 5.41) is 17.7. The number of rotatable bonds is 2. The third kappa shape index (κ3) is 1.69. The Bertz CT molecular complexity index is 351. The molecule has 2 N–H and O–H groups in total. The lowest BCUT2D eigenvalue weighted by Gasteiger charge is -2.25. The molecule has 14 heavy (non-hydrogen) atoms. The summed E-state index contributed by atoms with van der Waals surface area (Å²) >= 11 is 0. The third-order valence-electron chi connectivity index (χ3n) is 2.43. The molecule has 0 heterocycles. The fraction of sp³-hybridized carbons (Fsp3) is 0.400. The van der Waals surface area contributed by atoms with E-state index in [0.717, 1.165) is 0 Å². The molecule has 1 rings (SSSR count). The summed E-state index contributed by atoms with van der Waals surface area (Å²) in [4.78, 5) is 21.6. The lowest BCUT2D eigenvalue weighted by Crippen LogP contribution is -2.28. The maximum absolute atomic E-state index is 10.9. The molecule has 4 heteroatoms. The van der Waals surface area contributed by atoms with E-state index in [1.807, 2.05) is 0 Å². The predicted octanol–water partition coefficient (Wildman–Crippen LogP) is 1.44. The molecule has 1 aliphatic carbocycles. The van der Waals surface area contributed by atoms with E-state index in [9.17, 15) is 9.59 Å². The van der Waals surface area contributed by atoms with Crippen molar-refractivity contribution >= 4 is 11.9 Å². The van der Waals surface area contributed by atoms with E-state index >= 15 is 0 Å². The second-order valence-electron chi connectivity index (χ2n) is 3.73. The summed E-state index contributed by atoms with van der Waals surface area (Å²) in [6.07, 6.45) is 3.06. The van der Waals surface area contributed by atoms with Crippen molar-refractivity contribution in [2.45, 2.75) is 20.3 Å². The van der Waals surface area contributed by atoms with Crippen molar-refractivity contribution in [3.8, 4) is 0 Å². The minimum atomic E-state index is -1.01. The van der Waals surface area contributed by atoms with Gasteiger partial charge in [-0.15, -0.1) is 0 Å². The quantitative estimate of drug-likeness (QED) is 0.700. The average molecular weight is 196 g/mol. The SMILES string of the molecule is CC1=C(C(=O)O)C=CC(C)(C(=O)O)C1. The van der Waals surface area contributed by atoms with Gasteiger partial charge in [0, 0.05) is 0 Å². The fourth-order valence-electron chi connectivity index (χ4n) is 1.52. The van der Waals surface area contributed by atoms with Crippen LogP contribution in [0.5, 0.6) is 0 Å². The Hall–Kier alpha value is -1.58. The second kappa shape index (κ2) is 3.29. The van der Waals surface area contributed by atoms with E-state index in [4.69, 9.17) is 10.2 Å². The molecular weight excluding hydrogens is 184 g/mol. The topological polar surface area (TPSA) is 74.6 Å². The van der Waals surface area contributed by atoms with Gasteiger partial charge in [0.15, 0.2) is 0 Å². The van der Waals surface area contributed by atoms with Crippen LogP contribution in [-0.2, 0) is 9.59 Å². The summed E-state index contributed by atoms with van der Waals surface area (Å²) in [5.74, 6) is -1.94. The van der Waals surface area contributed by atoms with Crippen molar-refractivity contribution in [2.75, 3.05) is 0 Å². The molecule has 1 aliphatic rings. The van der Waals surface area contributed by atoms with Gasteiger partial charge in [0.05, 0.1) is 11.0 Å². The Labute approximate surface area is 81.6 Å². The minimum Gasteiger partial charge on any atom is -0.481 e. The van der Waals surface area contributed by atoms with Gasteiger partial charge in [-0.3, -0.25) is 4.79 Å². The first-order valence-corrected chi connectivity index (χ1v) is 4.22. The van der Waals surface area contributed by atoms with Crippen LogP contribution in [0.2, 0.25) is 0 Å². The van der Waals surface area contributed by atoms with Gasteiger partial charge in [-0.05, 0) is 20.3 Å². The molecule has 0 spiro atoms. The molecule has 0 aromatic heterocycles. The van der Waals surface area contributed by atoms with Crippen LogP contribution in [0.15, 0.2) is 23.3 Å². The molecule has 76 valence electrons. The molecule has 0 fully saturated rings. The molecule has 0 radical (unpaired) electrons. The molecule has 0 saturated carbocycles. The Kier molecular flexibility index (Phi) is 2.47. The van der Waals surface area contributed by atoms with Crippen LogP contribution in [0.1, 0.15) is 20.3 Å². The van der Waals surface area contributed by atoms with Crippen LogP contribution < -0.4 is 0 Å². The molecule has 1 unspecified atom stereocenters. The lowest BCUT2D eigenvalue weighted by molar-refractivity contribution is -0.145. The third-order valence-corrected chi connectivity index (χ3v) is 2.43. The van der Waals surface area contributed by atoms with E-state index in [1.54, 1.807) is 13.8 Å². The van der Waals surface area contributed by atoms with Gasteiger partial charge in [0.25, 0.3) is 0 Å². The first kappa shape index (κ1) is 10.5. The van der Waals surface area contributed by atoms with Gasteiger partial charge in [0.1, 0.15) is 0 Å². The summed E-state index contributed by atoms with van der Waals surface area (Å²) < 4.78 is 0. The highest BCUT2D eigenvalue weighted by atomic mass is 16.4. The van der Waals surface area contributed by atoms with Crippen LogP contribution in [0.3, 0.4) is 0 Å². The molecule has 0 saturated heterocycles. The number of carboxylic acids is 2. The highest BCUT2D eigenvalue weighted by Crippen LogP contribution is 2.33. The normalized spacial score (nSPS) is 26.4. The maximum atomic E-state index is 10.9. The van der Waals surface area contributed by atoms with Gasteiger partial charge in [-0.2, -0.15) is 0 Å². The Balaban J connectivity index is 3.02. The van der Waals surface area contributed by atoms with Crippen molar-refractivity contribution < 1.29 is 19.8 Å². The van der Waals surface area contributed by atoms with E-state index in [2.05, 4.69) is 0 Å². The summed E-state index contributed by atoms with van der Waals surface area (Å²) in [5.41, 5.74) is -0.170. The van der Waals surface area contributed by atoms with Gasteiger partial charge >= 0.3 is 11.9 Å². The highest BCUT2D eigenvalue weighted by molar-refractivity contribution is 5.92. The van der Waals surface area contributed by atoms with Crippen LogP contribution in [0.25, 0.3) is 0 Å². The largest absolute Gasteiger partial charge is 0.481 e. The van der Waals surface area contributed by atoms with Gasteiger partial charge in [0.2, 0.25) is 0 Å². The second-order valence-corrected chi connectivity index (χ2v) is 3.73. The van der Waals surface area contributed by atoms with Crippen LogP contribution >= 0.6 is 0 Å². The van der Waals surface area contributed by atoms with Crippen molar-refractivity contribution in [3.63, 3.8) is 0 Å². The van der Waals surface area contributed by atoms with Gasteiger partial charge < -0.3 is 10.2 Å². The molecule has 0 aromatic carbocycles. The average Bonchev–Trinajstić information content (AvgIpc) is 2.02. The molecule has 0 amide bonds. The number of hydrogen-bond acceptors (Lipinski definition) is 2. The predicted molar refractivity (Wildman–Crippen MR) is 49.8 cm³/mol.